The highest BCUT2D eigenvalue weighted by molar-refractivity contribution is 7.90. The molecule has 0 radical (unpaired) electrons. The van der Waals surface area contributed by atoms with Gasteiger partial charge in [-0.1, -0.05) is 20.8 Å². The van der Waals surface area contributed by atoms with Crippen LogP contribution >= 0.6 is 0 Å². The van der Waals surface area contributed by atoms with E-state index < -0.39 is 9.84 Å². The fourth-order valence-corrected chi connectivity index (χ4v) is 3.91. The minimum absolute atomic E-state index is 0.234. The summed E-state index contributed by atoms with van der Waals surface area (Å²) in [6, 6.07) is 0.416. The van der Waals surface area contributed by atoms with Crippen LogP contribution in [0.4, 0.5) is 0 Å². The first-order valence-corrected chi connectivity index (χ1v) is 9.68. The molecule has 0 aromatic heterocycles. The Morgan fingerprint density at radius 2 is 1.85 bits per heavy atom. The van der Waals surface area contributed by atoms with E-state index in [1.807, 2.05) is 7.05 Å². The fraction of sp³-hybridized carbons (Fsp3) is 1.00. The van der Waals surface area contributed by atoms with Crippen LogP contribution in [-0.2, 0) is 9.84 Å². The Morgan fingerprint density at radius 3 is 2.30 bits per heavy atom. The highest BCUT2D eigenvalue weighted by Crippen LogP contribution is 2.41. The average Bonchev–Trinajstić information content (AvgIpc) is 2.33. The zero-order valence-corrected chi connectivity index (χ0v) is 14.5. The lowest BCUT2D eigenvalue weighted by Gasteiger charge is -2.45. The summed E-state index contributed by atoms with van der Waals surface area (Å²) in [7, 11) is -0.852. The number of nitrogens with two attached hydrogens (primary N) is 1. The van der Waals surface area contributed by atoms with Gasteiger partial charge in [0.05, 0.1) is 5.75 Å². The van der Waals surface area contributed by atoms with E-state index in [1.54, 1.807) is 0 Å². The van der Waals surface area contributed by atoms with Gasteiger partial charge in [0, 0.05) is 18.8 Å². The molecule has 0 heterocycles. The van der Waals surface area contributed by atoms with Gasteiger partial charge >= 0.3 is 0 Å². The average molecular weight is 305 g/mol. The molecule has 1 rings (SSSR count). The smallest absolute Gasteiger partial charge is 0.148 e. The quantitative estimate of drug-likeness (QED) is 0.840. The van der Waals surface area contributed by atoms with Gasteiger partial charge in [-0.15, -0.1) is 0 Å². The van der Waals surface area contributed by atoms with Crippen molar-refractivity contribution in [2.24, 2.45) is 23.0 Å². The number of hydrogen-bond donors (Lipinski definition) is 1. The maximum Gasteiger partial charge on any atom is 0.148 e. The van der Waals surface area contributed by atoms with Crippen molar-refractivity contribution in [3.8, 4) is 0 Å². The van der Waals surface area contributed by atoms with Crippen molar-refractivity contribution in [1.82, 2.24) is 4.90 Å². The van der Waals surface area contributed by atoms with Crippen LogP contribution in [0.5, 0.6) is 0 Å². The van der Waals surface area contributed by atoms with E-state index in [2.05, 4.69) is 25.7 Å². The van der Waals surface area contributed by atoms with Crippen molar-refractivity contribution in [1.29, 1.82) is 0 Å². The minimum atomic E-state index is -2.90. The van der Waals surface area contributed by atoms with Crippen molar-refractivity contribution < 1.29 is 8.42 Å². The van der Waals surface area contributed by atoms with Crippen LogP contribution in [-0.4, -0.2) is 51.5 Å². The summed E-state index contributed by atoms with van der Waals surface area (Å²) in [5.74, 6) is 1.42. The molecule has 0 aromatic rings. The molecule has 0 saturated heterocycles. The van der Waals surface area contributed by atoms with Gasteiger partial charge < -0.3 is 10.6 Å². The number of rotatable bonds is 5. The first-order chi connectivity index (χ1) is 9.04. The molecule has 0 bridgehead atoms. The molecule has 1 aliphatic rings. The first-order valence-electron chi connectivity index (χ1n) is 7.62. The highest BCUT2D eigenvalue weighted by Gasteiger charge is 2.37. The van der Waals surface area contributed by atoms with Crippen LogP contribution < -0.4 is 5.73 Å². The lowest BCUT2D eigenvalue weighted by atomic mass is 9.67. The molecule has 0 aromatic carbocycles. The van der Waals surface area contributed by atoms with E-state index in [0.29, 0.717) is 36.4 Å². The van der Waals surface area contributed by atoms with Crippen LogP contribution in [0.15, 0.2) is 0 Å². The summed E-state index contributed by atoms with van der Waals surface area (Å²) < 4.78 is 22.7. The minimum Gasteiger partial charge on any atom is -0.330 e. The Hall–Kier alpha value is -0.130. The van der Waals surface area contributed by atoms with Crippen molar-refractivity contribution in [2.45, 2.75) is 46.1 Å². The van der Waals surface area contributed by atoms with E-state index in [0.717, 1.165) is 12.8 Å². The Labute approximate surface area is 125 Å². The molecule has 3 unspecified atom stereocenters. The van der Waals surface area contributed by atoms with E-state index >= 15 is 0 Å². The zero-order chi connectivity index (χ0) is 15.6. The molecule has 5 heteroatoms. The van der Waals surface area contributed by atoms with Gasteiger partial charge in [0.15, 0.2) is 0 Å². The third kappa shape index (κ3) is 5.34. The normalized spacial score (nSPS) is 28.9. The van der Waals surface area contributed by atoms with E-state index in [-0.39, 0.29) is 5.75 Å². The molecule has 2 N–H and O–H groups in total. The number of hydrogen-bond acceptors (Lipinski definition) is 4. The Bertz CT molecular complexity index is 401. The molecule has 0 aliphatic heterocycles. The number of sulfone groups is 1. The molecule has 0 amide bonds. The Kier molecular flexibility index (Phi) is 6.05. The summed E-state index contributed by atoms with van der Waals surface area (Å²) in [6.45, 7) is 8.21. The standard InChI is InChI=1S/C15H32N2O2S/c1-15(2,3)13-7-6-12(11-16)14(10-13)17(4)8-9-20(5,18)19/h12-14H,6-11,16H2,1-5H3. The van der Waals surface area contributed by atoms with E-state index in [1.165, 1.54) is 12.7 Å². The zero-order valence-electron chi connectivity index (χ0n) is 13.7. The largest absolute Gasteiger partial charge is 0.330 e. The maximum absolute atomic E-state index is 11.3. The van der Waals surface area contributed by atoms with Crippen LogP contribution in [0, 0.1) is 17.3 Å². The molecular formula is C15H32N2O2S. The van der Waals surface area contributed by atoms with E-state index in [4.69, 9.17) is 5.73 Å². The second kappa shape index (κ2) is 6.75. The molecule has 20 heavy (non-hydrogen) atoms. The third-order valence-corrected chi connectivity index (χ3v) is 5.79. The van der Waals surface area contributed by atoms with Gasteiger partial charge in [-0.2, -0.15) is 0 Å². The SMILES string of the molecule is CN(CCS(C)(=O)=O)C1CC(C(C)(C)C)CCC1CN. The molecule has 3 atom stereocenters. The summed E-state index contributed by atoms with van der Waals surface area (Å²) in [5.41, 5.74) is 6.24. The van der Waals surface area contributed by atoms with Crippen LogP contribution in [0.3, 0.4) is 0 Å². The molecule has 4 nitrogen and oxygen atoms in total. The van der Waals surface area contributed by atoms with Crippen molar-refractivity contribution in [3.05, 3.63) is 0 Å². The molecule has 120 valence electrons. The Morgan fingerprint density at radius 1 is 1.25 bits per heavy atom. The summed E-state index contributed by atoms with van der Waals surface area (Å²) in [6.07, 6.45) is 4.83. The second-order valence-corrected chi connectivity index (χ2v) is 9.81. The lowest BCUT2D eigenvalue weighted by molar-refractivity contribution is 0.0623. The topological polar surface area (TPSA) is 63.4 Å². The van der Waals surface area contributed by atoms with Gasteiger partial charge in [0.25, 0.3) is 0 Å². The molecule has 1 saturated carbocycles. The Balaban J connectivity index is 2.71. The number of nitrogens with zero attached hydrogens (tertiary/aromatic N) is 1. The predicted molar refractivity (Wildman–Crippen MR) is 85.5 cm³/mol. The van der Waals surface area contributed by atoms with Crippen molar-refractivity contribution in [3.63, 3.8) is 0 Å². The van der Waals surface area contributed by atoms with E-state index in [9.17, 15) is 8.42 Å². The maximum atomic E-state index is 11.3. The van der Waals surface area contributed by atoms with Crippen LogP contribution in [0.2, 0.25) is 0 Å². The van der Waals surface area contributed by atoms with Crippen molar-refractivity contribution >= 4 is 9.84 Å². The van der Waals surface area contributed by atoms with Gasteiger partial charge in [0.1, 0.15) is 9.84 Å². The van der Waals surface area contributed by atoms with Gasteiger partial charge in [-0.3, -0.25) is 0 Å². The molecule has 1 fully saturated rings. The predicted octanol–water partition coefficient (Wildman–Crippen LogP) is 1.75. The van der Waals surface area contributed by atoms with Crippen molar-refractivity contribution in [2.75, 3.05) is 32.1 Å². The van der Waals surface area contributed by atoms with Gasteiger partial charge in [-0.05, 0) is 50.1 Å². The fourth-order valence-electron chi connectivity index (χ4n) is 3.29. The molecule has 0 spiro atoms. The molecular weight excluding hydrogens is 272 g/mol. The first kappa shape index (κ1) is 17.9. The highest BCUT2D eigenvalue weighted by atomic mass is 32.2. The summed E-state index contributed by atoms with van der Waals surface area (Å²) in [4.78, 5) is 2.22. The molecule has 1 aliphatic carbocycles. The van der Waals surface area contributed by atoms with Crippen LogP contribution in [0.1, 0.15) is 40.0 Å². The van der Waals surface area contributed by atoms with Gasteiger partial charge in [-0.25, -0.2) is 8.42 Å². The summed E-state index contributed by atoms with van der Waals surface area (Å²) >= 11 is 0. The lowest BCUT2D eigenvalue weighted by Crippen LogP contribution is -2.48. The monoisotopic (exact) mass is 304 g/mol. The second-order valence-electron chi connectivity index (χ2n) is 7.55. The van der Waals surface area contributed by atoms with Gasteiger partial charge in [0.2, 0.25) is 0 Å². The summed E-state index contributed by atoms with van der Waals surface area (Å²) in [5, 5.41) is 0. The van der Waals surface area contributed by atoms with Crippen LogP contribution in [0.25, 0.3) is 0 Å². The third-order valence-electron chi connectivity index (χ3n) is 4.86.